The Balaban J connectivity index is 2.84. The molecule has 1 rings (SSSR count). The minimum atomic E-state index is -0.343. The first-order valence-electron chi connectivity index (χ1n) is 5.33. The summed E-state index contributed by atoms with van der Waals surface area (Å²) in [4.78, 5) is 23.2. The molecule has 0 aliphatic rings. The molecule has 1 atom stereocenters. The third kappa shape index (κ3) is 3.04. The molecule has 6 heteroatoms. The van der Waals surface area contributed by atoms with Crippen LogP contribution in [0, 0.1) is 17.2 Å². The second-order valence-corrected chi connectivity index (χ2v) is 4.07. The van der Waals surface area contributed by atoms with Gasteiger partial charge in [-0.25, -0.2) is 4.79 Å². The normalized spacial score (nSPS) is 12.1. The molecule has 0 fully saturated rings. The van der Waals surface area contributed by atoms with Crippen molar-refractivity contribution in [3.63, 3.8) is 0 Å². The highest BCUT2D eigenvalue weighted by Gasteiger charge is 2.06. The van der Waals surface area contributed by atoms with Crippen LogP contribution >= 0.6 is 0 Å². The molecule has 0 aromatic carbocycles. The van der Waals surface area contributed by atoms with Crippen molar-refractivity contribution in [2.45, 2.75) is 13.5 Å². The van der Waals surface area contributed by atoms with E-state index in [0.29, 0.717) is 18.7 Å². The van der Waals surface area contributed by atoms with Gasteiger partial charge < -0.3 is 9.88 Å². The molecule has 17 heavy (non-hydrogen) atoms. The van der Waals surface area contributed by atoms with Crippen molar-refractivity contribution in [3.8, 4) is 6.07 Å². The van der Waals surface area contributed by atoms with Crippen LogP contribution in [0.1, 0.15) is 12.5 Å². The Morgan fingerprint density at radius 3 is 2.71 bits per heavy atom. The Hall–Kier alpha value is -1.87. The van der Waals surface area contributed by atoms with Gasteiger partial charge in [0.05, 0.1) is 12.0 Å². The first-order valence-corrected chi connectivity index (χ1v) is 5.33. The third-order valence-electron chi connectivity index (χ3n) is 2.50. The van der Waals surface area contributed by atoms with Crippen LogP contribution in [0.2, 0.25) is 0 Å². The monoisotopic (exact) mass is 236 g/mol. The lowest BCUT2D eigenvalue weighted by atomic mass is 10.2. The van der Waals surface area contributed by atoms with Gasteiger partial charge in [-0.05, 0) is 6.92 Å². The quantitative estimate of drug-likeness (QED) is 0.752. The molecule has 1 aromatic heterocycles. The van der Waals surface area contributed by atoms with Crippen LogP contribution in [0.3, 0.4) is 0 Å². The largest absolute Gasteiger partial charge is 0.330 e. The van der Waals surface area contributed by atoms with E-state index in [1.165, 1.54) is 17.8 Å². The van der Waals surface area contributed by atoms with E-state index in [9.17, 15) is 9.59 Å². The number of aryl methyl sites for hydroxylation is 1. The number of aromatic nitrogens is 2. The smallest absolute Gasteiger partial charge is 0.311 e. The molecule has 0 aliphatic carbocycles. The first kappa shape index (κ1) is 13.2. The maximum absolute atomic E-state index is 11.7. The summed E-state index contributed by atoms with van der Waals surface area (Å²) in [6, 6.07) is 2.10. The zero-order valence-corrected chi connectivity index (χ0v) is 10.2. The lowest BCUT2D eigenvalue weighted by Crippen LogP contribution is -2.39. The molecule has 0 saturated carbocycles. The van der Waals surface area contributed by atoms with Crippen molar-refractivity contribution in [1.29, 1.82) is 5.26 Å². The molecule has 0 radical (unpaired) electrons. The molecule has 1 N–H and O–H groups in total. The predicted molar refractivity (Wildman–Crippen MR) is 63.4 cm³/mol. The molecule has 0 bridgehead atoms. The van der Waals surface area contributed by atoms with Crippen LogP contribution in [-0.4, -0.2) is 15.7 Å². The average molecular weight is 236 g/mol. The molecule has 1 heterocycles. The van der Waals surface area contributed by atoms with Gasteiger partial charge >= 0.3 is 5.69 Å². The maximum atomic E-state index is 11.7. The summed E-state index contributed by atoms with van der Waals surface area (Å²) >= 11 is 0. The fourth-order valence-corrected chi connectivity index (χ4v) is 1.47. The fourth-order valence-electron chi connectivity index (χ4n) is 1.47. The van der Waals surface area contributed by atoms with Crippen molar-refractivity contribution in [2.24, 2.45) is 20.0 Å². The minimum absolute atomic E-state index is 0.105. The van der Waals surface area contributed by atoms with Crippen LogP contribution in [-0.2, 0) is 20.6 Å². The van der Waals surface area contributed by atoms with Gasteiger partial charge in [-0.15, -0.1) is 0 Å². The van der Waals surface area contributed by atoms with Crippen LogP contribution in [0.25, 0.3) is 0 Å². The van der Waals surface area contributed by atoms with E-state index in [1.807, 2.05) is 0 Å². The maximum Gasteiger partial charge on any atom is 0.330 e. The van der Waals surface area contributed by atoms with Crippen LogP contribution in [0.5, 0.6) is 0 Å². The van der Waals surface area contributed by atoms with E-state index >= 15 is 0 Å². The van der Waals surface area contributed by atoms with E-state index in [4.69, 9.17) is 5.26 Å². The van der Waals surface area contributed by atoms with E-state index in [2.05, 4.69) is 11.4 Å². The van der Waals surface area contributed by atoms with Crippen molar-refractivity contribution in [3.05, 3.63) is 32.6 Å². The van der Waals surface area contributed by atoms with Crippen LogP contribution in [0.15, 0.2) is 15.8 Å². The second kappa shape index (κ2) is 5.46. The summed E-state index contributed by atoms with van der Waals surface area (Å²) in [6.45, 7) is 2.67. The molecule has 92 valence electrons. The Labute approximate surface area is 99.1 Å². The summed E-state index contributed by atoms with van der Waals surface area (Å²) in [5.41, 5.74) is -0.130. The summed E-state index contributed by atoms with van der Waals surface area (Å²) in [7, 11) is 3.05. The lowest BCUT2D eigenvalue weighted by molar-refractivity contribution is 0.584. The van der Waals surface area contributed by atoms with Gasteiger partial charge in [0, 0.05) is 38.9 Å². The zero-order chi connectivity index (χ0) is 13.0. The Kier molecular flexibility index (Phi) is 4.24. The zero-order valence-electron chi connectivity index (χ0n) is 10.2. The number of rotatable bonds is 4. The molecule has 0 aliphatic heterocycles. The first-order chi connectivity index (χ1) is 7.97. The van der Waals surface area contributed by atoms with Gasteiger partial charge in [-0.3, -0.25) is 9.36 Å². The van der Waals surface area contributed by atoms with Gasteiger partial charge in [0.25, 0.3) is 5.56 Å². The fraction of sp³-hybridized carbons (Fsp3) is 0.545. The van der Waals surface area contributed by atoms with Gasteiger partial charge in [0.1, 0.15) is 0 Å². The number of hydrogen-bond donors (Lipinski definition) is 1. The summed E-state index contributed by atoms with van der Waals surface area (Å²) in [5, 5.41) is 11.6. The predicted octanol–water partition coefficient (Wildman–Crippen LogP) is -0.667. The number of hydrogen-bond acceptors (Lipinski definition) is 4. The number of nitrogens with zero attached hydrogens (tertiary/aromatic N) is 3. The van der Waals surface area contributed by atoms with Crippen molar-refractivity contribution in [2.75, 3.05) is 6.54 Å². The van der Waals surface area contributed by atoms with E-state index < -0.39 is 0 Å². The van der Waals surface area contributed by atoms with Crippen LogP contribution in [0.4, 0.5) is 0 Å². The summed E-state index contributed by atoms with van der Waals surface area (Å²) in [6.07, 6.45) is 1.52. The van der Waals surface area contributed by atoms with Gasteiger partial charge in [0.2, 0.25) is 0 Å². The molecule has 1 aromatic rings. The number of nitriles is 1. The van der Waals surface area contributed by atoms with Gasteiger partial charge in [-0.2, -0.15) is 5.26 Å². The molecule has 0 amide bonds. The summed E-state index contributed by atoms with van der Waals surface area (Å²) < 4.78 is 2.44. The Morgan fingerprint density at radius 2 is 2.12 bits per heavy atom. The third-order valence-corrected chi connectivity index (χ3v) is 2.50. The molecular formula is C11H16N4O2. The van der Waals surface area contributed by atoms with Crippen molar-refractivity contribution in [1.82, 2.24) is 14.5 Å². The van der Waals surface area contributed by atoms with Crippen LogP contribution < -0.4 is 16.6 Å². The van der Waals surface area contributed by atoms with E-state index in [0.717, 1.165) is 4.57 Å². The SMILES string of the molecule is CC(C#N)CNCc1cn(C)c(=O)n(C)c1=O. The Bertz CT molecular complexity index is 550. The van der Waals surface area contributed by atoms with Gasteiger partial charge in [-0.1, -0.05) is 0 Å². The summed E-state index contributed by atoms with van der Waals surface area (Å²) in [5.74, 6) is -0.105. The molecule has 0 saturated heterocycles. The highest BCUT2D eigenvalue weighted by atomic mass is 16.2. The topological polar surface area (TPSA) is 79.8 Å². The highest BCUT2D eigenvalue weighted by Crippen LogP contribution is 1.91. The number of nitrogens with one attached hydrogen (secondary N) is 1. The average Bonchev–Trinajstić information content (AvgIpc) is 2.32. The Morgan fingerprint density at radius 1 is 1.47 bits per heavy atom. The highest BCUT2D eigenvalue weighted by molar-refractivity contribution is 5.05. The van der Waals surface area contributed by atoms with Crippen molar-refractivity contribution < 1.29 is 0 Å². The lowest BCUT2D eigenvalue weighted by Gasteiger charge is -2.08. The second-order valence-electron chi connectivity index (χ2n) is 4.07. The van der Waals surface area contributed by atoms with Gasteiger partial charge in [0.15, 0.2) is 0 Å². The molecule has 0 spiro atoms. The van der Waals surface area contributed by atoms with Crippen molar-refractivity contribution >= 4 is 0 Å². The van der Waals surface area contributed by atoms with E-state index in [-0.39, 0.29) is 17.2 Å². The molecule has 6 nitrogen and oxygen atoms in total. The van der Waals surface area contributed by atoms with E-state index in [1.54, 1.807) is 14.0 Å². The minimum Gasteiger partial charge on any atom is -0.311 e. The standard InChI is InChI=1S/C11H16N4O2/c1-8(4-12)5-13-6-9-7-14(2)11(17)15(3)10(9)16/h7-8,13H,5-6H2,1-3H3. The molecular weight excluding hydrogens is 220 g/mol. The molecule has 1 unspecified atom stereocenters.